The summed E-state index contributed by atoms with van der Waals surface area (Å²) >= 11 is 3.11. The molecule has 1 aromatic heterocycles. The normalized spacial score (nSPS) is 11.8. The summed E-state index contributed by atoms with van der Waals surface area (Å²) in [5.41, 5.74) is 1.29. The molecule has 9 nitrogen and oxygen atoms in total. The van der Waals surface area contributed by atoms with Gasteiger partial charge in [-0.05, 0) is 55.7 Å². The van der Waals surface area contributed by atoms with Crippen molar-refractivity contribution in [3.05, 3.63) is 48.0 Å². The number of carbonyl (C=O) groups excluding carboxylic acids is 1. The van der Waals surface area contributed by atoms with Crippen LogP contribution in [0.5, 0.6) is 0 Å². The third-order valence-electron chi connectivity index (χ3n) is 6.43. The molecule has 0 unspecified atom stereocenters. The summed E-state index contributed by atoms with van der Waals surface area (Å²) in [6, 6.07) is 12.2. The zero-order valence-electron chi connectivity index (χ0n) is 23.7. The maximum Gasteiger partial charge on any atom is 0.260 e. The van der Waals surface area contributed by atoms with Crippen LogP contribution in [0.15, 0.2) is 52.3 Å². The Morgan fingerprint density at radius 3 is 2.12 bits per heavy atom. The summed E-state index contributed by atoms with van der Waals surface area (Å²) in [7, 11) is -0.727. The zero-order chi connectivity index (χ0) is 28.4. The Morgan fingerprint density at radius 2 is 1.57 bits per heavy atom. The Morgan fingerprint density at radius 1 is 0.950 bits per heavy atom. The van der Waals surface area contributed by atoms with E-state index in [0.717, 1.165) is 28.2 Å². The number of aromatic nitrogens is 1. The average Bonchev–Trinajstić information content (AvgIpc) is 3.39. The van der Waals surface area contributed by atoms with E-state index in [2.05, 4.69) is 18.7 Å². The minimum absolute atomic E-state index is 0. The SMILES string of the molecule is CCN(CC)CCN(C(=O)c1ccc(S(=O)(=O)N(CCOC)CCOC)cc1)c1nc2c(SC)cccc2s1.Cl. The number of thioether (sulfide) groups is 1. The van der Waals surface area contributed by atoms with E-state index in [1.165, 1.54) is 42.0 Å². The summed E-state index contributed by atoms with van der Waals surface area (Å²) < 4.78 is 39.1. The molecule has 0 N–H and O–H groups in total. The molecule has 1 heterocycles. The molecular formula is C27H39ClN4O5S3. The van der Waals surface area contributed by atoms with E-state index in [1.807, 2.05) is 24.5 Å². The maximum absolute atomic E-state index is 13.8. The minimum atomic E-state index is -3.78. The highest BCUT2D eigenvalue weighted by atomic mass is 35.5. The molecule has 0 bridgehead atoms. The van der Waals surface area contributed by atoms with Crippen LogP contribution in [-0.4, -0.2) is 101 Å². The van der Waals surface area contributed by atoms with Gasteiger partial charge in [-0.25, -0.2) is 13.4 Å². The van der Waals surface area contributed by atoms with Crippen LogP contribution in [0, 0.1) is 0 Å². The highest BCUT2D eigenvalue weighted by Gasteiger charge is 2.26. The van der Waals surface area contributed by atoms with Gasteiger partial charge in [0, 0.05) is 50.9 Å². The van der Waals surface area contributed by atoms with Crippen LogP contribution in [-0.2, 0) is 19.5 Å². The van der Waals surface area contributed by atoms with E-state index in [0.29, 0.717) is 23.8 Å². The molecule has 0 atom stereocenters. The molecular weight excluding hydrogens is 592 g/mol. The third-order valence-corrected chi connectivity index (χ3v) is 10.2. The van der Waals surface area contributed by atoms with Gasteiger partial charge in [-0.2, -0.15) is 4.31 Å². The van der Waals surface area contributed by atoms with Gasteiger partial charge in [0.1, 0.15) is 0 Å². The predicted octanol–water partition coefficient (Wildman–Crippen LogP) is 4.71. The number of ether oxygens (including phenoxy) is 2. The third kappa shape index (κ3) is 8.39. The van der Waals surface area contributed by atoms with Gasteiger partial charge in [0.05, 0.1) is 28.3 Å². The Balaban J connectivity index is 0.00000560. The first-order valence-corrected chi connectivity index (χ1v) is 16.3. The number of methoxy groups -OCH3 is 2. The van der Waals surface area contributed by atoms with Gasteiger partial charge in [-0.1, -0.05) is 31.3 Å². The first-order valence-electron chi connectivity index (χ1n) is 12.9. The number of carbonyl (C=O) groups is 1. The number of sulfonamides is 1. The molecule has 1 amide bonds. The van der Waals surface area contributed by atoms with Gasteiger partial charge in [0.2, 0.25) is 10.0 Å². The lowest BCUT2D eigenvalue weighted by Gasteiger charge is -2.25. The molecule has 0 fully saturated rings. The van der Waals surface area contributed by atoms with Crippen molar-refractivity contribution in [3.8, 4) is 0 Å². The van der Waals surface area contributed by atoms with Crippen molar-refractivity contribution in [1.29, 1.82) is 0 Å². The monoisotopic (exact) mass is 630 g/mol. The van der Waals surface area contributed by atoms with Crippen LogP contribution in [0.1, 0.15) is 24.2 Å². The van der Waals surface area contributed by atoms with Crippen LogP contribution in [0.3, 0.4) is 0 Å². The summed E-state index contributed by atoms with van der Waals surface area (Å²) in [5.74, 6) is -0.216. The van der Waals surface area contributed by atoms with Crippen molar-refractivity contribution in [2.45, 2.75) is 23.6 Å². The number of hydrogen-bond acceptors (Lipinski definition) is 9. The van der Waals surface area contributed by atoms with Crippen molar-refractivity contribution < 1.29 is 22.7 Å². The van der Waals surface area contributed by atoms with E-state index in [1.54, 1.807) is 28.8 Å². The highest BCUT2D eigenvalue weighted by Crippen LogP contribution is 2.34. The Bertz CT molecular complexity index is 1310. The molecule has 0 spiro atoms. The number of rotatable bonds is 16. The van der Waals surface area contributed by atoms with Crippen LogP contribution >= 0.6 is 35.5 Å². The second-order valence-electron chi connectivity index (χ2n) is 8.70. The van der Waals surface area contributed by atoms with Crippen LogP contribution < -0.4 is 4.90 Å². The smallest absolute Gasteiger partial charge is 0.260 e. The number of nitrogens with zero attached hydrogens (tertiary/aromatic N) is 4. The molecule has 0 aliphatic heterocycles. The van der Waals surface area contributed by atoms with E-state index >= 15 is 0 Å². The molecule has 2 aromatic carbocycles. The summed E-state index contributed by atoms with van der Waals surface area (Å²) in [6.45, 7) is 8.06. The zero-order valence-corrected chi connectivity index (χ0v) is 26.9. The molecule has 0 saturated heterocycles. The van der Waals surface area contributed by atoms with Crippen molar-refractivity contribution in [1.82, 2.24) is 14.2 Å². The molecule has 0 aliphatic carbocycles. The molecule has 0 radical (unpaired) electrons. The second-order valence-corrected chi connectivity index (χ2v) is 12.5. The molecule has 0 aliphatic rings. The number of halogens is 1. The number of anilines is 1. The fraction of sp³-hybridized carbons (Fsp3) is 0.481. The topological polar surface area (TPSA) is 92.3 Å². The predicted molar refractivity (Wildman–Crippen MR) is 167 cm³/mol. The molecule has 3 rings (SSSR count). The van der Waals surface area contributed by atoms with Crippen molar-refractivity contribution in [2.24, 2.45) is 0 Å². The lowest BCUT2D eigenvalue weighted by Crippen LogP contribution is -2.39. The van der Waals surface area contributed by atoms with Gasteiger partial charge in [-0.15, -0.1) is 24.2 Å². The lowest BCUT2D eigenvalue weighted by molar-refractivity contribution is 0.0983. The number of hydrogen-bond donors (Lipinski definition) is 0. The lowest BCUT2D eigenvalue weighted by atomic mass is 10.2. The fourth-order valence-corrected chi connectivity index (χ4v) is 7.12. The summed E-state index contributed by atoms with van der Waals surface area (Å²) in [4.78, 5) is 23.8. The number of likely N-dealkylation sites (N-methyl/N-ethyl adjacent to an activating group) is 1. The molecule has 0 saturated carbocycles. The largest absolute Gasteiger partial charge is 0.383 e. The minimum Gasteiger partial charge on any atom is -0.383 e. The molecule has 222 valence electrons. The number of para-hydroxylation sites is 1. The number of fused-ring (bicyclic) bond motifs is 1. The first kappa shape index (κ1) is 34.4. The first-order chi connectivity index (χ1) is 18.8. The number of thiazole rings is 1. The molecule has 3 aromatic rings. The van der Waals surface area contributed by atoms with Crippen LogP contribution in [0.4, 0.5) is 5.13 Å². The quantitative estimate of drug-likeness (QED) is 0.210. The highest BCUT2D eigenvalue weighted by molar-refractivity contribution is 7.98. The van der Waals surface area contributed by atoms with Crippen molar-refractivity contribution in [3.63, 3.8) is 0 Å². The number of amides is 1. The van der Waals surface area contributed by atoms with Gasteiger partial charge >= 0.3 is 0 Å². The van der Waals surface area contributed by atoms with Gasteiger partial charge in [-0.3, -0.25) is 9.69 Å². The van der Waals surface area contributed by atoms with Crippen LogP contribution in [0.25, 0.3) is 10.2 Å². The molecule has 13 heteroatoms. The van der Waals surface area contributed by atoms with Gasteiger partial charge in [0.25, 0.3) is 5.91 Å². The Hall–Kier alpha value is -1.77. The Kier molecular flexibility index (Phi) is 14.3. The molecule has 40 heavy (non-hydrogen) atoms. The van der Waals surface area contributed by atoms with E-state index in [9.17, 15) is 13.2 Å². The second kappa shape index (κ2) is 16.6. The fourth-order valence-electron chi connectivity index (χ4n) is 4.07. The number of benzene rings is 2. The van der Waals surface area contributed by atoms with E-state index in [4.69, 9.17) is 14.5 Å². The van der Waals surface area contributed by atoms with E-state index < -0.39 is 10.0 Å². The average molecular weight is 631 g/mol. The van der Waals surface area contributed by atoms with Crippen LogP contribution in [0.2, 0.25) is 0 Å². The standard InChI is InChI=1S/C27H38N4O5S3.ClH/c1-6-29(7-2)15-16-31(27-28-25-23(37-5)9-8-10-24(25)38-27)26(32)21-11-13-22(14-12-21)39(33,34)30(17-19-35-3)18-20-36-4;/h8-14H,6-7,15-20H2,1-5H3;1H. The van der Waals surface area contributed by atoms with E-state index in [-0.39, 0.29) is 49.5 Å². The Labute approximate surface area is 252 Å². The summed E-state index contributed by atoms with van der Waals surface area (Å²) in [6.07, 6.45) is 2.01. The summed E-state index contributed by atoms with van der Waals surface area (Å²) in [5, 5.41) is 0.630. The van der Waals surface area contributed by atoms with Crippen molar-refractivity contribution in [2.75, 3.05) is 77.9 Å². The van der Waals surface area contributed by atoms with Gasteiger partial charge in [0.15, 0.2) is 5.13 Å². The van der Waals surface area contributed by atoms with Gasteiger partial charge < -0.3 is 14.4 Å². The van der Waals surface area contributed by atoms with Crippen molar-refractivity contribution >= 4 is 66.8 Å². The maximum atomic E-state index is 13.8.